The summed E-state index contributed by atoms with van der Waals surface area (Å²) in [7, 11) is 1.48. The van der Waals surface area contributed by atoms with Crippen molar-refractivity contribution in [1.29, 1.82) is 0 Å². The van der Waals surface area contributed by atoms with Crippen molar-refractivity contribution in [2.75, 3.05) is 19.0 Å². The molecule has 0 fully saturated rings. The number of Topliss-reactive ketones (excluding diaryl/α,β-unsaturated/α-hetero) is 2. The maximum Gasteiger partial charge on any atom is 0.262 e. The second kappa shape index (κ2) is 10.6. The van der Waals surface area contributed by atoms with E-state index in [-0.39, 0.29) is 34.9 Å². The Morgan fingerprint density at radius 2 is 1.59 bits per heavy atom. The summed E-state index contributed by atoms with van der Waals surface area (Å²) < 4.78 is 11.3. The summed E-state index contributed by atoms with van der Waals surface area (Å²) in [4.78, 5) is 38.6. The molecule has 3 aliphatic rings. The standard InChI is InChI=1S/C28H26Cl2N2O5/c1-36-23-13-15(12-18(30)28(23)37-14-24(35)31-17-10-8-16(29)9-11-17)25-26-19(4-2-6-21(26)33)32-20-5-3-7-22(34)27(20)25/h8-13,25,32H,2-7,14H2,1H3,(H,31,35). The molecule has 0 spiro atoms. The van der Waals surface area contributed by atoms with Gasteiger partial charge in [-0.05, 0) is 67.6 Å². The average Bonchev–Trinajstić information content (AvgIpc) is 2.88. The maximum absolute atomic E-state index is 13.1. The molecule has 5 rings (SSSR count). The lowest BCUT2D eigenvalue weighted by Gasteiger charge is -2.37. The molecule has 2 aliphatic carbocycles. The predicted molar refractivity (Wildman–Crippen MR) is 141 cm³/mol. The molecule has 37 heavy (non-hydrogen) atoms. The van der Waals surface area contributed by atoms with Crippen molar-refractivity contribution in [3.63, 3.8) is 0 Å². The van der Waals surface area contributed by atoms with E-state index >= 15 is 0 Å². The van der Waals surface area contributed by atoms with Crippen LogP contribution in [0, 0.1) is 0 Å². The zero-order chi connectivity index (χ0) is 26.1. The lowest BCUT2D eigenvalue weighted by Crippen LogP contribution is -2.36. The normalized spacial score (nSPS) is 17.7. The summed E-state index contributed by atoms with van der Waals surface area (Å²) in [6.07, 6.45) is 3.98. The zero-order valence-electron chi connectivity index (χ0n) is 20.3. The number of benzene rings is 2. The first-order valence-corrected chi connectivity index (χ1v) is 13.0. The Morgan fingerprint density at radius 3 is 2.19 bits per heavy atom. The van der Waals surface area contributed by atoms with Gasteiger partial charge in [0.1, 0.15) is 0 Å². The number of ether oxygens (including phenoxy) is 2. The van der Waals surface area contributed by atoms with Gasteiger partial charge in [-0.1, -0.05) is 23.2 Å². The number of methoxy groups -OCH3 is 1. The molecule has 0 aromatic heterocycles. The quantitative estimate of drug-likeness (QED) is 0.486. The Balaban J connectivity index is 1.45. The third-order valence-corrected chi connectivity index (χ3v) is 7.38. The third-order valence-electron chi connectivity index (χ3n) is 6.85. The molecule has 2 aromatic carbocycles. The molecule has 9 heteroatoms. The van der Waals surface area contributed by atoms with Crippen molar-refractivity contribution in [2.24, 2.45) is 0 Å². The molecule has 7 nitrogen and oxygen atoms in total. The molecule has 0 unspecified atom stereocenters. The highest BCUT2D eigenvalue weighted by molar-refractivity contribution is 6.32. The van der Waals surface area contributed by atoms with E-state index in [0.717, 1.165) is 37.1 Å². The molecular formula is C28H26Cl2N2O5. The van der Waals surface area contributed by atoms with Crippen molar-refractivity contribution in [1.82, 2.24) is 5.32 Å². The number of carbonyl (C=O) groups is 3. The molecule has 0 saturated heterocycles. The van der Waals surface area contributed by atoms with Crippen LogP contribution in [0.4, 0.5) is 5.69 Å². The lowest BCUT2D eigenvalue weighted by molar-refractivity contribution is -0.118. The largest absolute Gasteiger partial charge is 0.493 e. The average molecular weight is 541 g/mol. The summed E-state index contributed by atoms with van der Waals surface area (Å²) in [5.41, 5.74) is 4.32. The second-order valence-electron chi connectivity index (χ2n) is 9.27. The van der Waals surface area contributed by atoms with E-state index in [0.29, 0.717) is 46.0 Å². The minimum Gasteiger partial charge on any atom is -0.493 e. The lowest BCUT2D eigenvalue weighted by atomic mass is 9.71. The van der Waals surface area contributed by atoms with Crippen molar-refractivity contribution in [3.8, 4) is 11.5 Å². The van der Waals surface area contributed by atoms with Gasteiger partial charge in [-0.15, -0.1) is 0 Å². The number of hydrogen-bond donors (Lipinski definition) is 2. The molecule has 192 valence electrons. The number of halogens is 2. The number of allylic oxidation sites excluding steroid dienone is 4. The Labute approximate surface area is 224 Å². The molecule has 2 aromatic rings. The topological polar surface area (TPSA) is 93.7 Å². The van der Waals surface area contributed by atoms with E-state index in [2.05, 4.69) is 10.6 Å². The predicted octanol–water partition coefficient (Wildman–Crippen LogP) is 5.72. The summed E-state index contributed by atoms with van der Waals surface area (Å²) in [5, 5.41) is 6.93. The summed E-state index contributed by atoms with van der Waals surface area (Å²) in [6.45, 7) is -0.299. The molecule has 0 saturated carbocycles. The minimum absolute atomic E-state index is 0.0398. The van der Waals surface area contributed by atoms with Crippen LogP contribution < -0.4 is 20.1 Å². The van der Waals surface area contributed by atoms with E-state index in [4.69, 9.17) is 32.7 Å². The monoisotopic (exact) mass is 540 g/mol. The van der Waals surface area contributed by atoms with Crippen molar-refractivity contribution < 1.29 is 23.9 Å². The molecule has 1 aliphatic heterocycles. The molecule has 0 atom stereocenters. The van der Waals surface area contributed by atoms with Gasteiger partial charge in [0.15, 0.2) is 29.7 Å². The Hall–Kier alpha value is -3.29. The first-order valence-electron chi connectivity index (χ1n) is 12.2. The molecule has 0 radical (unpaired) electrons. The smallest absolute Gasteiger partial charge is 0.262 e. The molecular weight excluding hydrogens is 515 g/mol. The fourth-order valence-corrected chi connectivity index (χ4v) is 5.63. The van der Waals surface area contributed by atoms with E-state index in [1.165, 1.54) is 7.11 Å². The van der Waals surface area contributed by atoms with E-state index < -0.39 is 5.92 Å². The fraction of sp³-hybridized carbons (Fsp3) is 0.321. The Bertz CT molecular complexity index is 1310. The van der Waals surface area contributed by atoms with Gasteiger partial charge >= 0.3 is 0 Å². The molecule has 2 N–H and O–H groups in total. The van der Waals surface area contributed by atoms with Crippen LogP contribution >= 0.6 is 23.2 Å². The van der Waals surface area contributed by atoms with Crippen LogP contribution in [0.1, 0.15) is 50.0 Å². The number of ketones is 2. The van der Waals surface area contributed by atoms with Gasteiger partial charge in [-0.25, -0.2) is 0 Å². The summed E-state index contributed by atoms with van der Waals surface area (Å²) in [5.74, 6) is -0.290. The number of amides is 1. The zero-order valence-corrected chi connectivity index (χ0v) is 21.8. The highest BCUT2D eigenvalue weighted by Gasteiger charge is 2.40. The van der Waals surface area contributed by atoms with Gasteiger partial charge in [0, 0.05) is 52.0 Å². The maximum atomic E-state index is 13.1. The van der Waals surface area contributed by atoms with Gasteiger partial charge in [0.25, 0.3) is 5.91 Å². The van der Waals surface area contributed by atoms with Gasteiger partial charge in [0.2, 0.25) is 0 Å². The van der Waals surface area contributed by atoms with Gasteiger partial charge in [-0.2, -0.15) is 0 Å². The van der Waals surface area contributed by atoms with Crippen molar-refractivity contribution >= 4 is 46.4 Å². The van der Waals surface area contributed by atoms with E-state index in [9.17, 15) is 14.4 Å². The number of carbonyl (C=O) groups excluding carboxylic acids is 3. The number of nitrogens with one attached hydrogen (secondary N) is 2. The number of rotatable bonds is 6. The number of hydrogen-bond acceptors (Lipinski definition) is 6. The summed E-state index contributed by atoms with van der Waals surface area (Å²) >= 11 is 12.5. The first kappa shape index (κ1) is 25.4. The van der Waals surface area contributed by atoms with Gasteiger partial charge in [-0.3, -0.25) is 14.4 Å². The highest BCUT2D eigenvalue weighted by Crippen LogP contribution is 2.48. The van der Waals surface area contributed by atoms with E-state index in [1.807, 2.05) is 0 Å². The Morgan fingerprint density at radius 1 is 0.973 bits per heavy atom. The van der Waals surface area contributed by atoms with Crippen molar-refractivity contribution in [3.05, 3.63) is 74.5 Å². The molecule has 0 bridgehead atoms. The van der Waals surface area contributed by atoms with Crippen LogP contribution in [-0.2, 0) is 14.4 Å². The number of dihydropyridines is 1. The Kier molecular flexibility index (Phi) is 7.26. The van der Waals surface area contributed by atoms with Crippen LogP contribution in [0.2, 0.25) is 10.0 Å². The number of anilines is 1. The van der Waals surface area contributed by atoms with Crippen LogP contribution in [0.3, 0.4) is 0 Å². The van der Waals surface area contributed by atoms with Crippen LogP contribution in [0.15, 0.2) is 58.9 Å². The second-order valence-corrected chi connectivity index (χ2v) is 10.1. The fourth-order valence-electron chi connectivity index (χ4n) is 5.23. The molecule has 1 heterocycles. The van der Waals surface area contributed by atoms with Crippen LogP contribution in [-0.4, -0.2) is 31.2 Å². The molecule has 1 amide bonds. The van der Waals surface area contributed by atoms with Gasteiger partial charge < -0.3 is 20.1 Å². The SMILES string of the molecule is COc1cc(C2C3=C(CCCC3=O)NC3=C2C(=O)CCC3)cc(Cl)c1OCC(=O)Nc1ccc(Cl)cc1. The van der Waals surface area contributed by atoms with Crippen LogP contribution in [0.5, 0.6) is 11.5 Å². The van der Waals surface area contributed by atoms with Gasteiger partial charge in [0.05, 0.1) is 12.1 Å². The van der Waals surface area contributed by atoms with Crippen LogP contribution in [0.25, 0.3) is 0 Å². The third kappa shape index (κ3) is 5.11. The van der Waals surface area contributed by atoms with Crippen molar-refractivity contribution in [2.45, 2.75) is 44.4 Å². The van der Waals surface area contributed by atoms with E-state index in [1.54, 1.807) is 36.4 Å². The first-order chi connectivity index (χ1) is 17.9. The highest BCUT2D eigenvalue weighted by atomic mass is 35.5. The minimum atomic E-state index is -0.513. The summed E-state index contributed by atoms with van der Waals surface area (Å²) in [6, 6.07) is 10.2.